The van der Waals surface area contributed by atoms with Crippen LogP contribution in [0, 0.1) is 11.6 Å². The topological polar surface area (TPSA) is 74.0 Å². The average molecular weight is 607 g/mol. The van der Waals surface area contributed by atoms with Crippen LogP contribution >= 0.6 is 15.9 Å². The van der Waals surface area contributed by atoms with Crippen LogP contribution in [0.1, 0.15) is 38.1 Å². The first-order valence-corrected chi connectivity index (χ1v) is 17.4. The Morgan fingerprint density at radius 2 is 1.81 bits per heavy atom. The van der Waals surface area contributed by atoms with Gasteiger partial charge in [0.1, 0.15) is 26.7 Å². The van der Waals surface area contributed by atoms with E-state index in [-0.39, 0.29) is 17.9 Å². The minimum absolute atomic E-state index is 0.159. The summed E-state index contributed by atoms with van der Waals surface area (Å²) in [4.78, 5) is 4.48. The standard InChI is InChI=1S/C27H30BrF2N3O2SSi/c1-27(2,3)36(34)33-20(14-21-25(30)23(37(4,5)6)15-24(28)31-21)17-9-7-8-10-18(17)26-19-12-11-16(29)13-22(19)35-32-26/h7-13,15,20,33H,14H2,1-6H3. The second kappa shape index (κ2) is 10.6. The third kappa shape index (κ3) is 6.14. The first-order chi connectivity index (χ1) is 17.3. The van der Waals surface area contributed by atoms with Crippen molar-refractivity contribution >= 4 is 51.5 Å². The van der Waals surface area contributed by atoms with Crippen molar-refractivity contribution in [1.29, 1.82) is 0 Å². The molecule has 0 aliphatic heterocycles. The molecule has 2 aromatic heterocycles. The van der Waals surface area contributed by atoms with Gasteiger partial charge in [0, 0.05) is 34.8 Å². The molecule has 0 radical (unpaired) electrons. The molecule has 2 unspecified atom stereocenters. The molecule has 4 rings (SSSR count). The van der Waals surface area contributed by atoms with E-state index in [0.29, 0.717) is 26.5 Å². The van der Waals surface area contributed by atoms with E-state index < -0.39 is 36.0 Å². The Morgan fingerprint density at radius 1 is 1.11 bits per heavy atom. The van der Waals surface area contributed by atoms with Crippen LogP contribution in [-0.4, -0.2) is 27.5 Å². The van der Waals surface area contributed by atoms with Crippen LogP contribution in [0.2, 0.25) is 19.6 Å². The minimum Gasteiger partial charge on any atom is -0.598 e. The van der Waals surface area contributed by atoms with Crippen molar-refractivity contribution in [3.05, 3.63) is 76.0 Å². The second-order valence-corrected chi connectivity index (χ2v) is 18.9. The lowest BCUT2D eigenvalue weighted by atomic mass is 9.94. The minimum atomic E-state index is -2.00. The molecule has 2 aromatic carbocycles. The van der Waals surface area contributed by atoms with Gasteiger partial charge < -0.3 is 9.08 Å². The molecule has 0 bridgehead atoms. The Balaban J connectivity index is 1.86. The van der Waals surface area contributed by atoms with Crippen molar-refractivity contribution in [2.24, 2.45) is 0 Å². The average Bonchev–Trinajstić information content (AvgIpc) is 3.22. The van der Waals surface area contributed by atoms with Crippen LogP contribution < -0.4 is 9.91 Å². The summed E-state index contributed by atoms with van der Waals surface area (Å²) in [5.41, 5.74) is 2.63. The maximum absolute atomic E-state index is 15.8. The van der Waals surface area contributed by atoms with Crippen LogP contribution in [-0.2, 0) is 17.8 Å². The van der Waals surface area contributed by atoms with Gasteiger partial charge in [-0.1, -0.05) is 49.1 Å². The normalized spacial score (nSPS) is 14.2. The van der Waals surface area contributed by atoms with Gasteiger partial charge in [0.25, 0.3) is 0 Å². The Morgan fingerprint density at radius 3 is 2.49 bits per heavy atom. The van der Waals surface area contributed by atoms with E-state index in [1.165, 1.54) is 12.1 Å². The molecule has 10 heteroatoms. The Bertz CT molecular complexity index is 1440. The highest BCUT2D eigenvalue weighted by Crippen LogP contribution is 2.35. The molecule has 0 saturated heterocycles. The Hall–Kier alpha value is -2.11. The maximum Gasteiger partial charge on any atom is 0.170 e. The highest BCUT2D eigenvalue weighted by Gasteiger charge is 2.33. The predicted molar refractivity (Wildman–Crippen MR) is 152 cm³/mol. The zero-order valence-corrected chi connectivity index (χ0v) is 25.1. The van der Waals surface area contributed by atoms with Crippen molar-refractivity contribution in [2.45, 2.75) is 57.6 Å². The highest BCUT2D eigenvalue weighted by molar-refractivity contribution is 9.10. The third-order valence-corrected chi connectivity index (χ3v) is 10.0. The van der Waals surface area contributed by atoms with Crippen LogP contribution in [0.25, 0.3) is 22.2 Å². The lowest BCUT2D eigenvalue weighted by Gasteiger charge is -2.29. The molecule has 0 fully saturated rings. The molecule has 4 aromatic rings. The van der Waals surface area contributed by atoms with Crippen LogP contribution in [0.4, 0.5) is 8.78 Å². The van der Waals surface area contributed by atoms with E-state index in [9.17, 15) is 8.94 Å². The van der Waals surface area contributed by atoms with Crippen molar-refractivity contribution < 1.29 is 17.9 Å². The molecule has 1 N–H and O–H groups in total. The number of aromatic nitrogens is 2. The first kappa shape index (κ1) is 27.9. The fourth-order valence-electron chi connectivity index (χ4n) is 4.07. The third-order valence-electron chi connectivity index (χ3n) is 6.03. The number of hydrogen-bond donors (Lipinski definition) is 1. The summed E-state index contributed by atoms with van der Waals surface area (Å²) in [5.74, 6) is -0.742. The van der Waals surface area contributed by atoms with Crippen molar-refractivity contribution in [3.63, 3.8) is 0 Å². The zero-order valence-electron chi connectivity index (χ0n) is 21.7. The van der Waals surface area contributed by atoms with Crippen LogP contribution in [0.15, 0.2) is 57.7 Å². The predicted octanol–water partition coefficient (Wildman–Crippen LogP) is 6.81. The van der Waals surface area contributed by atoms with Gasteiger partial charge in [-0.3, -0.25) is 0 Å². The maximum atomic E-state index is 15.8. The lowest BCUT2D eigenvalue weighted by molar-refractivity contribution is 0.457. The molecule has 196 valence electrons. The number of halogens is 3. The summed E-state index contributed by atoms with van der Waals surface area (Å²) in [6, 6.07) is 13.0. The fraction of sp³-hybridized carbons (Fsp3) is 0.333. The largest absolute Gasteiger partial charge is 0.598 e. The lowest BCUT2D eigenvalue weighted by Crippen LogP contribution is -2.43. The second-order valence-electron chi connectivity index (χ2n) is 11.0. The quantitative estimate of drug-likeness (QED) is 0.142. The van der Waals surface area contributed by atoms with Gasteiger partial charge in [0.15, 0.2) is 5.58 Å². The number of hydrogen-bond acceptors (Lipinski definition) is 5. The molecule has 0 saturated carbocycles. The highest BCUT2D eigenvalue weighted by atomic mass is 79.9. The Labute approximate surface area is 228 Å². The molecule has 0 spiro atoms. The summed E-state index contributed by atoms with van der Waals surface area (Å²) in [6.45, 7) is 11.9. The van der Waals surface area contributed by atoms with Gasteiger partial charge in [-0.2, -0.15) is 0 Å². The van der Waals surface area contributed by atoms with E-state index in [2.05, 4.69) is 50.4 Å². The summed E-state index contributed by atoms with van der Waals surface area (Å²) in [7, 11) is -2.00. The van der Waals surface area contributed by atoms with Gasteiger partial charge in [-0.05, 0) is 65.7 Å². The molecule has 37 heavy (non-hydrogen) atoms. The summed E-state index contributed by atoms with van der Waals surface area (Å²) < 4.78 is 51.5. The monoisotopic (exact) mass is 605 g/mol. The smallest absolute Gasteiger partial charge is 0.170 e. The molecule has 2 atom stereocenters. The number of nitrogens with one attached hydrogen (secondary N) is 1. The fourth-order valence-corrected chi connectivity index (χ4v) is 6.91. The van der Waals surface area contributed by atoms with E-state index in [4.69, 9.17) is 4.52 Å². The zero-order chi connectivity index (χ0) is 27.1. The molecular weight excluding hydrogens is 576 g/mol. The van der Waals surface area contributed by atoms with Gasteiger partial charge in [0.2, 0.25) is 0 Å². The Kier molecular flexibility index (Phi) is 7.97. The van der Waals surface area contributed by atoms with E-state index in [1.807, 2.05) is 45.0 Å². The molecule has 0 aliphatic rings. The summed E-state index contributed by atoms with van der Waals surface area (Å²) in [6.07, 6.45) is 0.159. The number of pyridine rings is 1. The number of benzene rings is 2. The molecule has 0 amide bonds. The first-order valence-electron chi connectivity index (χ1n) is 11.9. The van der Waals surface area contributed by atoms with E-state index >= 15 is 4.39 Å². The van der Waals surface area contributed by atoms with Gasteiger partial charge in [-0.15, -0.1) is 4.72 Å². The number of nitrogens with zero attached hydrogens (tertiary/aromatic N) is 2. The molecule has 0 aliphatic carbocycles. The van der Waals surface area contributed by atoms with Crippen molar-refractivity contribution in [3.8, 4) is 11.3 Å². The summed E-state index contributed by atoms with van der Waals surface area (Å²) >= 11 is 2.00. The van der Waals surface area contributed by atoms with Gasteiger partial charge >= 0.3 is 0 Å². The SMILES string of the molecule is CC(C)(C)[S+]([O-])NC(Cc1nc(Br)cc([Si](C)(C)C)c1F)c1ccccc1-c1noc2cc(F)ccc12. The van der Waals surface area contributed by atoms with E-state index in [1.54, 1.807) is 12.1 Å². The van der Waals surface area contributed by atoms with Gasteiger partial charge in [-0.25, -0.2) is 13.8 Å². The number of fused-ring (bicyclic) bond motifs is 1. The van der Waals surface area contributed by atoms with Gasteiger partial charge in [0.05, 0.1) is 19.8 Å². The molecule has 5 nitrogen and oxygen atoms in total. The van der Waals surface area contributed by atoms with E-state index in [0.717, 1.165) is 11.1 Å². The number of rotatable bonds is 7. The van der Waals surface area contributed by atoms with Crippen LogP contribution in [0.3, 0.4) is 0 Å². The van der Waals surface area contributed by atoms with Crippen LogP contribution in [0.5, 0.6) is 0 Å². The van der Waals surface area contributed by atoms with Crippen molar-refractivity contribution in [2.75, 3.05) is 0 Å². The van der Waals surface area contributed by atoms with Crippen molar-refractivity contribution in [1.82, 2.24) is 14.9 Å². The summed E-state index contributed by atoms with van der Waals surface area (Å²) in [5, 5.41) is 5.55. The molecular formula is C27H30BrF2N3O2SSi. The molecule has 2 heterocycles.